The van der Waals surface area contributed by atoms with Gasteiger partial charge >= 0.3 is 0 Å². The minimum Gasteiger partial charge on any atom is -0.352 e. The van der Waals surface area contributed by atoms with E-state index in [1.807, 2.05) is 4.90 Å². The summed E-state index contributed by atoms with van der Waals surface area (Å²) in [4.78, 5) is 15.1. The molecule has 7 nitrogen and oxygen atoms in total. The van der Waals surface area contributed by atoms with Crippen molar-refractivity contribution in [3.05, 3.63) is 41.7 Å². The highest BCUT2D eigenvalue weighted by molar-refractivity contribution is 5.82. The number of carbonyl (C=O) groups excluding carboxylic acids is 1. The first kappa shape index (κ1) is 19.9. The van der Waals surface area contributed by atoms with E-state index in [9.17, 15) is 13.6 Å². The molecule has 1 N–H and O–H groups in total. The molecule has 1 aliphatic heterocycles. The Morgan fingerprint density at radius 1 is 1.14 bits per heavy atom. The molecule has 0 spiro atoms. The monoisotopic (exact) mass is 404 g/mol. The second-order valence-electron chi connectivity index (χ2n) is 8.07. The number of carbonyl (C=O) groups is 1. The molecule has 9 heteroatoms. The van der Waals surface area contributed by atoms with Gasteiger partial charge in [-0.15, -0.1) is 5.10 Å². The van der Waals surface area contributed by atoms with E-state index in [-0.39, 0.29) is 24.0 Å². The Labute approximate surface area is 168 Å². The molecule has 2 aliphatic rings. The van der Waals surface area contributed by atoms with Crippen molar-refractivity contribution in [1.29, 1.82) is 0 Å². The molecule has 2 heterocycles. The summed E-state index contributed by atoms with van der Waals surface area (Å²) in [7, 11) is 0. The summed E-state index contributed by atoms with van der Waals surface area (Å²) < 4.78 is 28.6. The van der Waals surface area contributed by atoms with E-state index in [1.54, 1.807) is 17.1 Å². The van der Waals surface area contributed by atoms with Crippen LogP contribution in [0, 0.1) is 11.6 Å². The molecule has 1 aromatic heterocycles. The van der Waals surface area contributed by atoms with Crippen molar-refractivity contribution in [2.24, 2.45) is 0 Å². The van der Waals surface area contributed by atoms with E-state index in [0.29, 0.717) is 25.1 Å². The van der Waals surface area contributed by atoms with Crippen LogP contribution in [0.3, 0.4) is 0 Å². The lowest BCUT2D eigenvalue weighted by atomic mass is 10.1. The van der Waals surface area contributed by atoms with Gasteiger partial charge in [-0.05, 0) is 47.4 Å². The van der Waals surface area contributed by atoms with Gasteiger partial charge in [-0.2, -0.15) is 0 Å². The summed E-state index contributed by atoms with van der Waals surface area (Å²) in [5, 5.41) is 14.6. The number of nitrogens with one attached hydrogen (secondary N) is 1. The average molecular weight is 404 g/mol. The molecule has 1 saturated carbocycles. The minimum absolute atomic E-state index is 0.00458. The molecule has 1 aromatic carbocycles. The SMILES string of the molecule is O=C(NC1CCCCCC1)[C@@H]1C[C@@H](n2cnnn2)CN1Cc1ccc(F)c(F)c1. The van der Waals surface area contributed by atoms with Crippen molar-refractivity contribution < 1.29 is 13.6 Å². The lowest BCUT2D eigenvalue weighted by molar-refractivity contribution is -0.126. The number of tetrazole rings is 1. The van der Waals surface area contributed by atoms with Crippen LogP contribution in [0.5, 0.6) is 0 Å². The van der Waals surface area contributed by atoms with Crippen LogP contribution in [0.25, 0.3) is 0 Å². The molecule has 29 heavy (non-hydrogen) atoms. The second kappa shape index (κ2) is 8.94. The first-order valence-electron chi connectivity index (χ1n) is 10.3. The second-order valence-corrected chi connectivity index (χ2v) is 8.07. The minimum atomic E-state index is -0.877. The molecule has 156 valence electrons. The fourth-order valence-electron chi connectivity index (χ4n) is 4.45. The van der Waals surface area contributed by atoms with Crippen molar-refractivity contribution in [3.63, 3.8) is 0 Å². The van der Waals surface area contributed by atoms with Gasteiger partial charge < -0.3 is 5.32 Å². The van der Waals surface area contributed by atoms with Crippen LogP contribution in [0.1, 0.15) is 56.6 Å². The van der Waals surface area contributed by atoms with E-state index in [4.69, 9.17) is 0 Å². The number of likely N-dealkylation sites (tertiary alicyclic amines) is 1. The molecular formula is C20H26F2N6O. The Hall–Kier alpha value is -2.42. The Morgan fingerprint density at radius 2 is 1.93 bits per heavy atom. The van der Waals surface area contributed by atoms with E-state index >= 15 is 0 Å². The molecule has 0 bridgehead atoms. The van der Waals surface area contributed by atoms with Gasteiger partial charge in [0, 0.05) is 19.1 Å². The van der Waals surface area contributed by atoms with Crippen LogP contribution in [0.4, 0.5) is 8.78 Å². The third kappa shape index (κ3) is 4.77. The molecular weight excluding hydrogens is 378 g/mol. The summed E-state index contributed by atoms with van der Waals surface area (Å²) in [6.45, 7) is 0.922. The molecule has 1 amide bonds. The predicted octanol–water partition coefficient (Wildman–Crippen LogP) is 2.61. The third-order valence-corrected chi connectivity index (χ3v) is 5.99. The molecule has 0 radical (unpaired) electrons. The van der Waals surface area contributed by atoms with Gasteiger partial charge in [-0.3, -0.25) is 9.69 Å². The first-order chi connectivity index (χ1) is 14.1. The Morgan fingerprint density at radius 3 is 2.62 bits per heavy atom. The molecule has 2 atom stereocenters. The maximum Gasteiger partial charge on any atom is 0.237 e. The number of nitrogens with zero attached hydrogens (tertiary/aromatic N) is 5. The van der Waals surface area contributed by atoms with Crippen LogP contribution in [-0.4, -0.2) is 49.6 Å². The van der Waals surface area contributed by atoms with E-state index in [1.165, 1.54) is 18.9 Å². The quantitative estimate of drug-likeness (QED) is 0.776. The molecule has 1 saturated heterocycles. The summed E-state index contributed by atoms with van der Waals surface area (Å²) in [6.07, 6.45) is 8.87. The zero-order valence-corrected chi connectivity index (χ0v) is 16.3. The largest absolute Gasteiger partial charge is 0.352 e. The van der Waals surface area contributed by atoms with Gasteiger partial charge in [0.15, 0.2) is 11.6 Å². The van der Waals surface area contributed by atoms with Crippen molar-refractivity contribution in [3.8, 4) is 0 Å². The van der Waals surface area contributed by atoms with Crippen LogP contribution < -0.4 is 5.32 Å². The highest BCUT2D eigenvalue weighted by Crippen LogP contribution is 2.29. The Kier molecular flexibility index (Phi) is 6.13. The fourth-order valence-corrected chi connectivity index (χ4v) is 4.45. The topological polar surface area (TPSA) is 75.9 Å². The highest BCUT2D eigenvalue weighted by atomic mass is 19.2. The van der Waals surface area contributed by atoms with Crippen LogP contribution in [-0.2, 0) is 11.3 Å². The Bertz CT molecular complexity index is 822. The third-order valence-electron chi connectivity index (χ3n) is 5.99. The molecule has 2 fully saturated rings. The van der Waals surface area contributed by atoms with Crippen molar-refractivity contribution in [1.82, 2.24) is 30.4 Å². The van der Waals surface area contributed by atoms with Crippen molar-refractivity contribution in [2.75, 3.05) is 6.54 Å². The predicted molar refractivity (Wildman–Crippen MR) is 102 cm³/mol. The summed E-state index contributed by atoms with van der Waals surface area (Å²) in [5.74, 6) is -1.75. The summed E-state index contributed by atoms with van der Waals surface area (Å²) >= 11 is 0. The van der Waals surface area contributed by atoms with Crippen LogP contribution in [0.15, 0.2) is 24.5 Å². The van der Waals surface area contributed by atoms with Gasteiger partial charge in [0.2, 0.25) is 5.91 Å². The van der Waals surface area contributed by atoms with Gasteiger partial charge in [0.1, 0.15) is 6.33 Å². The zero-order chi connectivity index (χ0) is 20.2. The number of hydrogen-bond acceptors (Lipinski definition) is 5. The molecule has 2 aromatic rings. The molecule has 1 aliphatic carbocycles. The van der Waals surface area contributed by atoms with Crippen molar-refractivity contribution in [2.45, 2.75) is 69.6 Å². The van der Waals surface area contributed by atoms with E-state index in [2.05, 4.69) is 20.8 Å². The number of rotatable bonds is 5. The number of benzene rings is 1. The zero-order valence-electron chi connectivity index (χ0n) is 16.3. The van der Waals surface area contributed by atoms with E-state index < -0.39 is 11.6 Å². The lowest BCUT2D eigenvalue weighted by Gasteiger charge is -2.26. The maximum atomic E-state index is 13.7. The Balaban J connectivity index is 1.49. The van der Waals surface area contributed by atoms with Crippen LogP contribution >= 0.6 is 0 Å². The molecule has 4 rings (SSSR count). The van der Waals surface area contributed by atoms with Crippen LogP contribution in [0.2, 0.25) is 0 Å². The molecule has 0 unspecified atom stereocenters. The standard InChI is InChI=1S/C20H26F2N6O/c21-17-8-7-14(9-18(17)22)11-27-12-16(28-13-23-25-26-28)10-19(27)20(29)24-15-5-3-1-2-4-6-15/h7-9,13,15-16,19H,1-6,10-12H2,(H,24,29)/t16-,19+/m1/s1. The fraction of sp³-hybridized carbons (Fsp3) is 0.600. The highest BCUT2D eigenvalue weighted by Gasteiger charge is 2.38. The van der Waals surface area contributed by atoms with E-state index in [0.717, 1.165) is 31.7 Å². The lowest BCUT2D eigenvalue weighted by Crippen LogP contribution is -2.46. The van der Waals surface area contributed by atoms with Gasteiger partial charge in [0.25, 0.3) is 0 Å². The van der Waals surface area contributed by atoms with Crippen molar-refractivity contribution >= 4 is 5.91 Å². The van der Waals surface area contributed by atoms with Gasteiger partial charge in [0.05, 0.1) is 12.1 Å². The number of hydrogen-bond donors (Lipinski definition) is 1. The normalized spacial score (nSPS) is 23.8. The summed E-state index contributed by atoms with van der Waals surface area (Å²) in [6, 6.07) is 3.69. The number of halogens is 2. The number of amides is 1. The average Bonchev–Trinajstić information content (AvgIpc) is 3.31. The van der Waals surface area contributed by atoms with Gasteiger partial charge in [-0.25, -0.2) is 13.5 Å². The smallest absolute Gasteiger partial charge is 0.237 e. The first-order valence-corrected chi connectivity index (χ1v) is 10.3. The van der Waals surface area contributed by atoms with Gasteiger partial charge in [-0.1, -0.05) is 31.7 Å². The maximum absolute atomic E-state index is 13.7. The number of aromatic nitrogens is 4. The summed E-state index contributed by atoms with van der Waals surface area (Å²) in [5.41, 5.74) is 0.633.